The van der Waals surface area contributed by atoms with Gasteiger partial charge >= 0.3 is 5.97 Å². The molecule has 7 heteroatoms. The van der Waals surface area contributed by atoms with Crippen LogP contribution in [0.25, 0.3) is 0 Å². The molecule has 152 valence electrons. The van der Waals surface area contributed by atoms with Gasteiger partial charge in [-0.15, -0.1) is 0 Å². The number of carboxylic acid groups (broad SMARTS) is 1. The molecule has 0 unspecified atom stereocenters. The fourth-order valence-corrected chi connectivity index (χ4v) is 3.43. The van der Waals surface area contributed by atoms with Gasteiger partial charge in [-0.1, -0.05) is 24.3 Å². The zero-order valence-corrected chi connectivity index (χ0v) is 16.3. The van der Waals surface area contributed by atoms with Gasteiger partial charge in [0.05, 0.1) is 24.9 Å². The highest BCUT2D eigenvalue weighted by Crippen LogP contribution is 2.34. The number of carboxylic acids is 1. The van der Waals surface area contributed by atoms with Gasteiger partial charge in [-0.25, -0.2) is 0 Å². The minimum absolute atomic E-state index is 0.0151. The van der Waals surface area contributed by atoms with Crippen molar-refractivity contribution in [2.45, 2.75) is 38.3 Å². The molecule has 1 aliphatic heterocycles. The average Bonchev–Trinajstić information content (AvgIpc) is 2.72. The summed E-state index contributed by atoms with van der Waals surface area (Å²) >= 11 is 0. The van der Waals surface area contributed by atoms with E-state index in [0.29, 0.717) is 13.0 Å². The summed E-state index contributed by atoms with van der Waals surface area (Å²) in [6, 6.07) is 14.7. The fraction of sp³-hybridized carbons (Fsp3) is 0.318. The number of hydrogen-bond donors (Lipinski definition) is 2. The van der Waals surface area contributed by atoms with Crippen LogP contribution in [-0.2, 0) is 20.9 Å². The number of aliphatic carboxylic acids is 1. The number of nitrogens with zero attached hydrogens (tertiary/aromatic N) is 1. The Hall–Kier alpha value is -3.35. The molecular formula is C22H24N2O5. The molecule has 2 aromatic carbocycles. The van der Waals surface area contributed by atoms with Crippen molar-refractivity contribution in [2.75, 3.05) is 17.3 Å². The number of ketones is 1. The van der Waals surface area contributed by atoms with Gasteiger partial charge in [0.2, 0.25) is 5.91 Å². The zero-order chi connectivity index (χ0) is 20.8. The van der Waals surface area contributed by atoms with Crippen LogP contribution in [0.2, 0.25) is 0 Å². The SMILES string of the molecule is COc1ccc(CN2c3ccccc3NC(=O)[C@H]2CCC(=O)CCC(=O)O)cc1. The molecule has 0 radical (unpaired) electrons. The van der Waals surface area contributed by atoms with E-state index in [9.17, 15) is 14.4 Å². The molecule has 0 fully saturated rings. The average molecular weight is 396 g/mol. The van der Waals surface area contributed by atoms with Gasteiger partial charge < -0.3 is 20.1 Å². The summed E-state index contributed by atoms with van der Waals surface area (Å²) in [5, 5.41) is 11.7. The first-order valence-corrected chi connectivity index (χ1v) is 9.51. The van der Waals surface area contributed by atoms with Crippen LogP contribution in [0.3, 0.4) is 0 Å². The Bertz CT molecular complexity index is 894. The first-order valence-electron chi connectivity index (χ1n) is 9.51. The lowest BCUT2D eigenvalue weighted by Gasteiger charge is -2.38. The summed E-state index contributed by atoms with van der Waals surface area (Å²) in [4.78, 5) is 37.5. The number of fused-ring (bicyclic) bond motifs is 1. The van der Waals surface area contributed by atoms with Gasteiger partial charge in [-0.3, -0.25) is 14.4 Å². The molecule has 0 saturated carbocycles. The van der Waals surface area contributed by atoms with Gasteiger partial charge in [0.15, 0.2) is 0 Å². The standard InChI is InChI=1S/C22H24N2O5/c1-29-17-10-6-15(7-11-17)14-24-19-5-3-2-4-18(19)23-22(28)20(24)12-8-16(25)9-13-21(26)27/h2-7,10-11,20H,8-9,12-14H2,1H3,(H,23,28)(H,26,27)/t20-/m1/s1. The smallest absolute Gasteiger partial charge is 0.303 e. The lowest BCUT2D eigenvalue weighted by atomic mass is 9.99. The maximum absolute atomic E-state index is 12.8. The number of Topliss-reactive ketones (excluding diaryl/α,β-unsaturated/α-hetero) is 1. The zero-order valence-electron chi connectivity index (χ0n) is 16.3. The van der Waals surface area contributed by atoms with Crippen LogP contribution >= 0.6 is 0 Å². The van der Waals surface area contributed by atoms with Crippen molar-refractivity contribution in [3.63, 3.8) is 0 Å². The van der Waals surface area contributed by atoms with E-state index in [0.717, 1.165) is 22.7 Å². The van der Waals surface area contributed by atoms with Crippen LogP contribution in [-0.4, -0.2) is 35.9 Å². The largest absolute Gasteiger partial charge is 0.497 e. The van der Waals surface area contributed by atoms with Crippen molar-refractivity contribution >= 4 is 29.0 Å². The van der Waals surface area contributed by atoms with Crippen LogP contribution in [0.4, 0.5) is 11.4 Å². The van der Waals surface area contributed by atoms with E-state index in [1.54, 1.807) is 7.11 Å². The second-order valence-electron chi connectivity index (χ2n) is 6.97. The third-order valence-corrected chi connectivity index (χ3v) is 4.98. The van der Waals surface area contributed by atoms with Crippen molar-refractivity contribution in [1.82, 2.24) is 0 Å². The molecule has 2 N–H and O–H groups in total. The highest BCUT2D eigenvalue weighted by atomic mass is 16.5. The van der Waals surface area contributed by atoms with E-state index in [1.165, 1.54) is 0 Å². The lowest BCUT2D eigenvalue weighted by Crippen LogP contribution is -2.47. The Kier molecular flexibility index (Phi) is 6.49. The van der Waals surface area contributed by atoms with Gasteiger partial charge in [0.1, 0.15) is 17.6 Å². The van der Waals surface area contributed by atoms with Gasteiger partial charge in [0.25, 0.3) is 0 Å². The van der Waals surface area contributed by atoms with Crippen LogP contribution in [0, 0.1) is 0 Å². The molecule has 29 heavy (non-hydrogen) atoms. The number of hydrogen-bond acceptors (Lipinski definition) is 5. The number of carbonyl (C=O) groups excluding carboxylic acids is 2. The van der Waals surface area contributed by atoms with Crippen molar-refractivity contribution in [3.05, 3.63) is 54.1 Å². The fourth-order valence-electron chi connectivity index (χ4n) is 3.43. The Balaban J connectivity index is 1.79. The van der Waals surface area contributed by atoms with Crippen molar-refractivity contribution in [3.8, 4) is 5.75 Å². The monoisotopic (exact) mass is 396 g/mol. The molecule has 0 aromatic heterocycles. The molecule has 0 bridgehead atoms. The number of para-hydroxylation sites is 2. The molecule has 0 aliphatic carbocycles. The Morgan fingerprint density at radius 3 is 2.48 bits per heavy atom. The first kappa shape index (κ1) is 20.4. The van der Waals surface area contributed by atoms with Crippen molar-refractivity contribution < 1.29 is 24.2 Å². The predicted octanol–water partition coefficient (Wildman–Crippen LogP) is 3.24. The van der Waals surface area contributed by atoms with E-state index in [2.05, 4.69) is 5.32 Å². The lowest BCUT2D eigenvalue weighted by molar-refractivity contribution is -0.138. The summed E-state index contributed by atoms with van der Waals surface area (Å²) in [5.41, 5.74) is 2.64. The Labute approximate surface area is 169 Å². The number of benzene rings is 2. The van der Waals surface area contributed by atoms with E-state index in [1.807, 2.05) is 53.4 Å². The highest BCUT2D eigenvalue weighted by molar-refractivity contribution is 6.03. The van der Waals surface area contributed by atoms with Crippen LogP contribution in [0.15, 0.2) is 48.5 Å². The molecular weight excluding hydrogens is 372 g/mol. The normalized spacial score (nSPS) is 15.4. The van der Waals surface area contributed by atoms with E-state index in [4.69, 9.17) is 9.84 Å². The topological polar surface area (TPSA) is 95.9 Å². The summed E-state index contributed by atoms with van der Waals surface area (Å²) in [6.45, 7) is 0.502. The quantitative estimate of drug-likeness (QED) is 0.676. The van der Waals surface area contributed by atoms with Gasteiger partial charge in [-0.2, -0.15) is 0 Å². The van der Waals surface area contributed by atoms with Crippen molar-refractivity contribution in [1.29, 1.82) is 0 Å². The number of rotatable bonds is 9. The van der Waals surface area contributed by atoms with Crippen LogP contribution < -0.4 is 15.0 Å². The second-order valence-corrected chi connectivity index (χ2v) is 6.97. The molecule has 3 rings (SSSR count). The number of amides is 1. The van der Waals surface area contributed by atoms with Crippen LogP contribution in [0.1, 0.15) is 31.2 Å². The number of carbonyl (C=O) groups is 3. The summed E-state index contributed by atoms with van der Waals surface area (Å²) < 4.78 is 5.20. The Morgan fingerprint density at radius 2 is 1.79 bits per heavy atom. The molecule has 1 aliphatic rings. The second kappa shape index (κ2) is 9.23. The summed E-state index contributed by atoms with van der Waals surface area (Å²) in [7, 11) is 1.61. The van der Waals surface area contributed by atoms with Gasteiger partial charge in [-0.05, 0) is 36.2 Å². The van der Waals surface area contributed by atoms with Crippen molar-refractivity contribution in [2.24, 2.45) is 0 Å². The molecule has 1 heterocycles. The molecule has 0 saturated heterocycles. The third-order valence-electron chi connectivity index (χ3n) is 4.98. The number of methoxy groups -OCH3 is 1. The molecule has 1 atom stereocenters. The van der Waals surface area contributed by atoms with Gasteiger partial charge in [0, 0.05) is 19.4 Å². The minimum atomic E-state index is -0.996. The third kappa shape index (κ3) is 5.13. The highest BCUT2D eigenvalue weighted by Gasteiger charge is 2.33. The predicted molar refractivity (Wildman–Crippen MR) is 109 cm³/mol. The van der Waals surface area contributed by atoms with E-state index < -0.39 is 12.0 Å². The molecule has 2 aromatic rings. The summed E-state index contributed by atoms with van der Waals surface area (Å²) in [6.07, 6.45) is 0.286. The summed E-state index contributed by atoms with van der Waals surface area (Å²) in [5.74, 6) is -0.554. The Morgan fingerprint density at radius 1 is 1.07 bits per heavy atom. The molecule has 0 spiro atoms. The molecule has 7 nitrogen and oxygen atoms in total. The molecule has 1 amide bonds. The maximum Gasteiger partial charge on any atom is 0.303 e. The minimum Gasteiger partial charge on any atom is -0.497 e. The van der Waals surface area contributed by atoms with E-state index >= 15 is 0 Å². The maximum atomic E-state index is 12.8. The first-order chi connectivity index (χ1) is 14.0. The number of anilines is 2. The van der Waals surface area contributed by atoms with Crippen LogP contribution in [0.5, 0.6) is 5.75 Å². The number of nitrogens with one attached hydrogen (secondary N) is 1. The van der Waals surface area contributed by atoms with E-state index in [-0.39, 0.29) is 31.0 Å². The number of ether oxygens (including phenoxy) is 1.